The molecule has 0 saturated heterocycles. The lowest BCUT2D eigenvalue weighted by molar-refractivity contribution is 0.102. The zero-order chi connectivity index (χ0) is 23.7. The van der Waals surface area contributed by atoms with Crippen LogP contribution >= 0.6 is 15.9 Å². The fraction of sp³-hybridized carbons (Fsp3) is 0.174. The number of carbonyl (C=O) groups excluding carboxylic acids is 1. The number of aryl methyl sites for hydroxylation is 2. The van der Waals surface area contributed by atoms with Gasteiger partial charge in [0, 0.05) is 29.0 Å². The van der Waals surface area contributed by atoms with Gasteiger partial charge in [-0.25, -0.2) is 14.2 Å². The zero-order valence-electron chi connectivity index (χ0n) is 18.5. The number of amides is 1. The molecule has 0 atom stereocenters. The number of nitrogens with one attached hydrogen (secondary N) is 1. The number of aromatic nitrogens is 7. The molecule has 1 amide bonds. The highest BCUT2D eigenvalue weighted by atomic mass is 79.9. The highest BCUT2D eigenvalue weighted by Crippen LogP contribution is 2.24. The van der Waals surface area contributed by atoms with Gasteiger partial charge in [-0.05, 0) is 44.2 Å². The molecule has 0 saturated carbocycles. The molecule has 0 aliphatic carbocycles. The van der Waals surface area contributed by atoms with Gasteiger partial charge in [-0.3, -0.25) is 9.48 Å². The number of fused-ring (bicyclic) bond motifs is 1. The molecule has 34 heavy (non-hydrogen) atoms. The number of benzene rings is 1. The number of nitrogens with zero attached hydrogens (tertiary/aromatic N) is 7. The fourth-order valence-corrected chi connectivity index (χ4v) is 3.82. The van der Waals surface area contributed by atoms with Gasteiger partial charge < -0.3 is 10.1 Å². The first kappa shape index (κ1) is 21.8. The Kier molecular flexibility index (Phi) is 5.84. The lowest BCUT2D eigenvalue weighted by Gasteiger charge is -2.06. The van der Waals surface area contributed by atoms with Crippen molar-refractivity contribution in [3.05, 3.63) is 77.0 Å². The molecule has 5 rings (SSSR count). The highest BCUT2D eigenvalue weighted by molar-refractivity contribution is 9.10. The third kappa shape index (κ3) is 4.29. The summed E-state index contributed by atoms with van der Waals surface area (Å²) in [6.07, 6.45) is 8.42. The summed E-state index contributed by atoms with van der Waals surface area (Å²) >= 11 is 3.39. The van der Waals surface area contributed by atoms with Gasteiger partial charge in [0.2, 0.25) is 0 Å². The summed E-state index contributed by atoms with van der Waals surface area (Å²) in [6.45, 7) is 4.96. The second kappa shape index (κ2) is 9.10. The summed E-state index contributed by atoms with van der Waals surface area (Å²) in [5.41, 5.74) is 4.01. The number of rotatable bonds is 7. The van der Waals surface area contributed by atoms with E-state index in [1.54, 1.807) is 27.8 Å². The molecule has 0 bridgehead atoms. The second-order valence-corrected chi connectivity index (χ2v) is 8.47. The van der Waals surface area contributed by atoms with Crippen molar-refractivity contribution < 1.29 is 9.53 Å². The quantitative estimate of drug-likeness (QED) is 0.345. The molecule has 1 aromatic carbocycles. The highest BCUT2D eigenvalue weighted by Gasteiger charge is 2.18. The summed E-state index contributed by atoms with van der Waals surface area (Å²) in [7, 11) is 0. The Morgan fingerprint density at radius 3 is 2.68 bits per heavy atom. The van der Waals surface area contributed by atoms with Crippen molar-refractivity contribution in [3.8, 4) is 17.0 Å². The molecule has 1 N–H and O–H groups in total. The number of hydrogen-bond donors (Lipinski definition) is 1. The monoisotopic (exact) mass is 520 g/mol. The van der Waals surface area contributed by atoms with E-state index in [9.17, 15) is 4.79 Å². The van der Waals surface area contributed by atoms with E-state index < -0.39 is 0 Å². The van der Waals surface area contributed by atoms with Gasteiger partial charge in [0.05, 0.1) is 35.7 Å². The van der Waals surface area contributed by atoms with E-state index in [-0.39, 0.29) is 12.6 Å². The van der Waals surface area contributed by atoms with E-state index in [0.29, 0.717) is 16.9 Å². The predicted molar refractivity (Wildman–Crippen MR) is 130 cm³/mol. The van der Waals surface area contributed by atoms with Crippen molar-refractivity contribution in [2.24, 2.45) is 0 Å². The Morgan fingerprint density at radius 2 is 1.91 bits per heavy atom. The molecule has 0 aliphatic rings. The molecule has 172 valence electrons. The van der Waals surface area contributed by atoms with Crippen molar-refractivity contribution >= 4 is 33.2 Å². The van der Waals surface area contributed by atoms with Crippen molar-refractivity contribution in [1.82, 2.24) is 34.2 Å². The topological polar surface area (TPSA) is 104 Å². The van der Waals surface area contributed by atoms with Crippen LogP contribution in [0, 0.1) is 6.92 Å². The van der Waals surface area contributed by atoms with E-state index >= 15 is 0 Å². The first-order chi connectivity index (χ1) is 16.5. The Hall–Kier alpha value is -3.99. The van der Waals surface area contributed by atoms with Crippen LogP contribution in [0.1, 0.15) is 23.0 Å². The number of anilines is 1. The molecule has 11 heteroatoms. The average Bonchev–Trinajstić information content (AvgIpc) is 3.56. The Bertz CT molecular complexity index is 1470. The van der Waals surface area contributed by atoms with Gasteiger partial charge >= 0.3 is 0 Å². The third-order valence-corrected chi connectivity index (χ3v) is 5.79. The fourth-order valence-electron chi connectivity index (χ4n) is 3.56. The van der Waals surface area contributed by atoms with Crippen molar-refractivity contribution in [3.63, 3.8) is 0 Å². The number of ether oxygens (including phenoxy) is 1. The van der Waals surface area contributed by atoms with Gasteiger partial charge in [0.15, 0.2) is 12.4 Å². The average molecular weight is 521 g/mol. The van der Waals surface area contributed by atoms with E-state index in [4.69, 9.17) is 4.74 Å². The molecule has 0 aliphatic heterocycles. The van der Waals surface area contributed by atoms with Crippen LogP contribution in [0.3, 0.4) is 0 Å². The molecule has 5 aromatic rings. The summed E-state index contributed by atoms with van der Waals surface area (Å²) in [4.78, 5) is 17.4. The van der Waals surface area contributed by atoms with Gasteiger partial charge in [0.1, 0.15) is 11.3 Å². The van der Waals surface area contributed by atoms with Crippen molar-refractivity contribution in [2.75, 3.05) is 5.32 Å². The van der Waals surface area contributed by atoms with E-state index in [2.05, 4.69) is 41.5 Å². The molecule has 0 radical (unpaired) electrons. The molecule has 4 aromatic heterocycles. The van der Waals surface area contributed by atoms with E-state index in [1.807, 2.05) is 55.1 Å². The van der Waals surface area contributed by atoms with Gasteiger partial charge in [-0.1, -0.05) is 15.9 Å². The van der Waals surface area contributed by atoms with Crippen LogP contribution < -0.4 is 10.1 Å². The van der Waals surface area contributed by atoms with Crippen LogP contribution in [0.5, 0.6) is 5.75 Å². The number of halogens is 1. The second-order valence-electron chi connectivity index (χ2n) is 7.56. The Balaban J connectivity index is 1.32. The SMILES string of the molecule is CCn1cc(-c2ccnc3c(C(=O)Nc4cnn(COc5ccc(Br)cc5)c4)cnn23)c(C)n1. The Morgan fingerprint density at radius 1 is 1.09 bits per heavy atom. The van der Waals surface area contributed by atoms with Crippen LogP contribution in [0.25, 0.3) is 16.9 Å². The minimum atomic E-state index is -0.325. The standard InChI is InChI=1S/C23H21BrN8O2/c1-3-30-13-20(15(2)29-30)21-8-9-25-22-19(11-27-32(21)22)23(33)28-17-10-26-31(12-17)14-34-18-6-4-16(24)5-7-18/h4-13H,3,14H2,1-2H3,(H,28,33). The first-order valence-corrected chi connectivity index (χ1v) is 11.4. The van der Waals surface area contributed by atoms with E-state index in [1.165, 1.54) is 6.20 Å². The molecular formula is C23H21BrN8O2. The maximum atomic E-state index is 13.0. The summed E-state index contributed by atoms with van der Waals surface area (Å²) in [5.74, 6) is 0.395. The smallest absolute Gasteiger partial charge is 0.261 e. The Labute approximate surface area is 203 Å². The summed E-state index contributed by atoms with van der Waals surface area (Å²) in [5, 5.41) is 16.0. The van der Waals surface area contributed by atoms with Crippen LogP contribution in [-0.4, -0.2) is 40.1 Å². The molecule has 0 spiro atoms. The minimum absolute atomic E-state index is 0.212. The molecule has 10 nitrogen and oxygen atoms in total. The number of carbonyl (C=O) groups is 1. The van der Waals surface area contributed by atoms with Crippen LogP contribution in [0.15, 0.2) is 65.8 Å². The molecule has 4 heterocycles. The molecular weight excluding hydrogens is 500 g/mol. The van der Waals surface area contributed by atoms with Gasteiger partial charge in [-0.2, -0.15) is 15.3 Å². The third-order valence-electron chi connectivity index (χ3n) is 5.26. The molecule has 0 unspecified atom stereocenters. The first-order valence-electron chi connectivity index (χ1n) is 10.6. The minimum Gasteiger partial charge on any atom is -0.471 e. The van der Waals surface area contributed by atoms with E-state index in [0.717, 1.165) is 33.7 Å². The maximum absolute atomic E-state index is 13.0. The van der Waals surface area contributed by atoms with Crippen LogP contribution in [-0.2, 0) is 13.3 Å². The summed E-state index contributed by atoms with van der Waals surface area (Å²) < 4.78 is 11.8. The lowest BCUT2D eigenvalue weighted by Crippen LogP contribution is -2.12. The zero-order valence-corrected chi connectivity index (χ0v) is 20.1. The van der Waals surface area contributed by atoms with Crippen molar-refractivity contribution in [1.29, 1.82) is 0 Å². The lowest BCUT2D eigenvalue weighted by atomic mass is 10.2. The molecule has 0 fully saturated rings. The van der Waals surface area contributed by atoms with Crippen LogP contribution in [0.4, 0.5) is 5.69 Å². The van der Waals surface area contributed by atoms with Gasteiger partial charge in [-0.15, -0.1) is 0 Å². The predicted octanol–water partition coefficient (Wildman–Crippen LogP) is 4.17. The maximum Gasteiger partial charge on any atom is 0.261 e. The van der Waals surface area contributed by atoms with Gasteiger partial charge in [0.25, 0.3) is 5.91 Å². The number of hydrogen-bond acceptors (Lipinski definition) is 6. The normalized spacial score (nSPS) is 11.1. The summed E-state index contributed by atoms with van der Waals surface area (Å²) in [6, 6.07) is 9.38. The van der Waals surface area contributed by atoms with Crippen molar-refractivity contribution in [2.45, 2.75) is 27.1 Å². The largest absolute Gasteiger partial charge is 0.471 e. The van der Waals surface area contributed by atoms with Crippen LogP contribution in [0.2, 0.25) is 0 Å².